The fourth-order valence-corrected chi connectivity index (χ4v) is 14.9. The molecule has 13 aromatic carbocycles. The van der Waals surface area contributed by atoms with Gasteiger partial charge in [0, 0.05) is 66.0 Å². The molecule has 0 amide bonds. The second-order valence-corrected chi connectivity index (χ2v) is 24.2. The van der Waals surface area contributed by atoms with E-state index in [0.717, 1.165) is 116 Å². The Morgan fingerprint density at radius 1 is 0.287 bits per heavy atom. The second-order valence-electron chi connectivity index (χ2n) is 24.2. The van der Waals surface area contributed by atoms with Gasteiger partial charge < -0.3 is 8.98 Å². The molecule has 19 rings (SSSR count). The molecule has 0 saturated heterocycles. The average Bonchev–Trinajstić information content (AvgIpc) is 1.46. The van der Waals surface area contributed by atoms with Crippen molar-refractivity contribution in [1.82, 2.24) is 34.1 Å². The van der Waals surface area contributed by atoms with E-state index in [1.54, 1.807) is 0 Å². The summed E-state index contributed by atoms with van der Waals surface area (Å²) in [6, 6.07) is 114. The number of hydrogen-bond acceptors (Lipinski definition) is 6. The average molecular weight is 1200 g/mol. The molecule has 0 saturated carbocycles. The molecule has 0 spiro atoms. The SMILES string of the molecule is c1ccc(-c2cc(-c3ccccc3)nc(-n3c4ccccc4c4cc(-c5ccc(-c6nc(-c7ccccc7)nc(-c7ccc8c(c7)C(c7ccccc7)(c7ccccc7)c7cc9c%10ccccc%10n(-c%10ccccc%10)c9cc7-8)n6)cc5)c5oc6ccccc6c5c43)n2)cc1. The van der Waals surface area contributed by atoms with Crippen LogP contribution in [0, 0.1) is 0 Å². The summed E-state index contributed by atoms with van der Waals surface area (Å²) in [5.41, 5.74) is 21.6. The van der Waals surface area contributed by atoms with Crippen LogP contribution in [0.2, 0.25) is 0 Å². The summed E-state index contributed by atoms with van der Waals surface area (Å²) >= 11 is 0. The number of furan rings is 1. The van der Waals surface area contributed by atoms with Crippen LogP contribution in [0.5, 0.6) is 0 Å². The van der Waals surface area contributed by atoms with Gasteiger partial charge in [0.15, 0.2) is 17.5 Å². The van der Waals surface area contributed by atoms with Gasteiger partial charge in [-0.1, -0.05) is 261 Å². The molecule has 94 heavy (non-hydrogen) atoms. The Morgan fingerprint density at radius 3 is 1.37 bits per heavy atom. The highest BCUT2D eigenvalue weighted by atomic mass is 16.3. The van der Waals surface area contributed by atoms with Crippen LogP contribution in [0.1, 0.15) is 22.3 Å². The first-order valence-electron chi connectivity index (χ1n) is 31.8. The Kier molecular flexibility index (Phi) is 12.0. The Labute approximate surface area is 540 Å². The van der Waals surface area contributed by atoms with E-state index >= 15 is 0 Å². The number of nitrogens with zero attached hydrogens (tertiary/aromatic N) is 7. The number of rotatable bonds is 10. The summed E-state index contributed by atoms with van der Waals surface area (Å²) in [5, 5.41) is 6.53. The predicted octanol–water partition coefficient (Wildman–Crippen LogP) is 21.1. The van der Waals surface area contributed by atoms with E-state index in [0.29, 0.717) is 23.4 Å². The maximum atomic E-state index is 7.05. The summed E-state index contributed by atoms with van der Waals surface area (Å²) in [6.07, 6.45) is 0. The maximum Gasteiger partial charge on any atom is 0.235 e. The zero-order valence-electron chi connectivity index (χ0n) is 50.6. The Bertz CT molecular complexity index is 5910. The van der Waals surface area contributed by atoms with E-state index in [4.69, 9.17) is 29.3 Å². The highest BCUT2D eigenvalue weighted by Crippen LogP contribution is 2.58. The lowest BCUT2D eigenvalue weighted by Gasteiger charge is -2.34. The zero-order valence-corrected chi connectivity index (χ0v) is 50.6. The fraction of sp³-hybridized carbons (Fsp3) is 0.0116. The first-order valence-corrected chi connectivity index (χ1v) is 31.8. The van der Waals surface area contributed by atoms with E-state index in [2.05, 4.69) is 294 Å². The van der Waals surface area contributed by atoms with Crippen molar-refractivity contribution in [3.63, 3.8) is 0 Å². The lowest BCUT2D eigenvalue weighted by molar-refractivity contribution is 0.670. The number of fused-ring (bicyclic) bond motifs is 13. The molecule has 5 heterocycles. The molecule has 0 N–H and O–H groups in total. The lowest BCUT2D eigenvalue weighted by Crippen LogP contribution is -2.28. The number of para-hydroxylation sites is 4. The quantitative estimate of drug-likeness (QED) is 0.136. The second kappa shape index (κ2) is 21.2. The molecule has 1 aliphatic rings. The van der Waals surface area contributed by atoms with Gasteiger partial charge in [-0.05, 0) is 99.6 Å². The summed E-state index contributed by atoms with van der Waals surface area (Å²) in [4.78, 5) is 26.9. The highest BCUT2D eigenvalue weighted by Gasteiger charge is 2.47. The van der Waals surface area contributed by atoms with Gasteiger partial charge >= 0.3 is 0 Å². The Hall–Kier alpha value is -12.7. The largest absolute Gasteiger partial charge is 0.455 e. The predicted molar refractivity (Wildman–Crippen MR) is 381 cm³/mol. The standard InChI is InChI=1S/C86H53N7O/c1-7-25-55(26-8-1)73-53-74(56-27-9-2-10-28-56)88-85(87-73)93-76-41-23-20-38-65(76)70-50-67(81-79(80(70)93)66-39-21-24-42-78(66)94-81)54-43-45-58(46-44-54)83-89-82(57-29-11-3-12-30-57)90-84(91-83)59-47-48-63-68-52-77-69(64-37-19-22-40-75(64)92(77)62-35-17-6-18-36-62)51-72(68)86(71(63)49-59,60-31-13-4-14-32-60)61-33-15-5-16-34-61/h1-53H. The van der Waals surface area contributed by atoms with E-state index in [1.165, 1.54) is 38.5 Å². The molecule has 1 aliphatic carbocycles. The van der Waals surface area contributed by atoms with E-state index in [9.17, 15) is 0 Å². The minimum atomic E-state index is -0.711. The molecular weight excluding hydrogens is 1150 g/mol. The molecular formula is C86H53N7O. The van der Waals surface area contributed by atoms with Crippen molar-refractivity contribution in [3.05, 3.63) is 344 Å². The van der Waals surface area contributed by atoms with Crippen LogP contribution in [0.25, 0.3) is 156 Å². The van der Waals surface area contributed by atoms with Crippen LogP contribution in [0.3, 0.4) is 0 Å². The molecule has 438 valence electrons. The van der Waals surface area contributed by atoms with Gasteiger partial charge in [0.2, 0.25) is 5.95 Å². The van der Waals surface area contributed by atoms with Crippen molar-refractivity contribution in [2.75, 3.05) is 0 Å². The number of aromatic nitrogens is 7. The van der Waals surface area contributed by atoms with E-state index < -0.39 is 5.41 Å². The van der Waals surface area contributed by atoms with Gasteiger partial charge in [0.05, 0.1) is 44.3 Å². The normalized spacial score (nSPS) is 12.6. The van der Waals surface area contributed by atoms with Gasteiger partial charge in [0.1, 0.15) is 11.2 Å². The van der Waals surface area contributed by atoms with Gasteiger partial charge in [-0.15, -0.1) is 0 Å². The third kappa shape index (κ3) is 8.23. The van der Waals surface area contributed by atoms with Crippen molar-refractivity contribution in [1.29, 1.82) is 0 Å². The monoisotopic (exact) mass is 1200 g/mol. The minimum absolute atomic E-state index is 0.563. The third-order valence-electron chi connectivity index (χ3n) is 19.1. The highest BCUT2D eigenvalue weighted by molar-refractivity contribution is 6.27. The summed E-state index contributed by atoms with van der Waals surface area (Å²) in [6.45, 7) is 0. The molecule has 5 aromatic heterocycles. The van der Waals surface area contributed by atoms with Gasteiger partial charge in [-0.25, -0.2) is 24.9 Å². The summed E-state index contributed by atoms with van der Waals surface area (Å²) in [5.74, 6) is 2.30. The van der Waals surface area contributed by atoms with Crippen LogP contribution >= 0.6 is 0 Å². The van der Waals surface area contributed by atoms with Crippen molar-refractivity contribution >= 4 is 65.6 Å². The minimum Gasteiger partial charge on any atom is -0.455 e. The van der Waals surface area contributed by atoms with Crippen molar-refractivity contribution < 1.29 is 4.42 Å². The van der Waals surface area contributed by atoms with Crippen LogP contribution < -0.4 is 0 Å². The molecule has 0 aliphatic heterocycles. The third-order valence-corrected chi connectivity index (χ3v) is 19.1. The van der Waals surface area contributed by atoms with E-state index in [1.807, 2.05) is 36.4 Å². The van der Waals surface area contributed by atoms with Crippen molar-refractivity contribution in [2.24, 2.45) is 0 Å². The van der Waals surface area contributed by atoms with Crippen LogP contribution in [-0.4, -0.2) is 34.1 Å². The Balaban J connectivity index is 0.786. The number of benzene rings is 13. The lowest BCUT2D eigenvalue weighted by atomic mass is 9.67. The van der Waals surface area contributed by atoms with Gasteiger partial charge in [-0.2, -0.15) is 0 Å². The zero-order chi connectivity index (χ0) is 61.8. The van der Waals surface area contributed by atoms with Crippen molar-refractivity contribution in [3.8, 4) is 90.6 Å². The first kappa shape index (κ1) is 53.2. The topological polar surface area (TPSA) is 87.5 Å². The maximum absolute atomic E-state index is 7.05. The van der Waals surface area contributed by atoms with Gasteiger partial charge in [-0.3, -0.25) is 4.57 Å². The summed E-state index contributed by atoms with van der Waals surface area (Å²) in [7, 11) is 0. The van der Waals surface area contributed by atoms with Crippen molar-refractivity contribution in [2.45, 2.75) is 5.41 Å². The number of hydrogen-bond donors (Lipinski definition) is 0. The van der Waals surface area contributed by atoms with Crippen LogP contribution in [-0.2, 0) is 5.41 Å². The Morgan fingerprint density at radius 2 is 0.755 bits per heavy atom. The van der Waals surface area contributed by atoms with Gasteiger partial charge in [0.25, 0.3) is 0 Å². The fourth-order valence-electron chi connectivity index (χ4n) is 14.9. The summed E-state index contributed by atoms with van der Waals surface area (Å²) < 4.78 is 11.7. The molecule has 0 radical (unpaired) electrons. The van der Waals surface area contributed by atoms with Crippen LogP contribution in [0.4, 0.5) is 0 Å². The molecule has 18 aromatic rings. The molecule has 8 heteroatoms. The molecule has 0 fully saturated rings. The molecule has 0 unspecified atom stereocenters. The van der Waals surface area contributed by atoms with Crippen LogP contribution in [0.15, 0.2) is 326 Å². The molecule has 0 bridgehead atoms. The smallest absolute Gasteiger partial charge is 0.235 e. The van der Waals surface area contributed by atoms with E-state index in [-0.39, 0.29) is 0 Å². The molecule has 8 nitrogen and oxygen atoms in total. The molecule has 0 atom stereocenters. The first-order chi connectivity index (χ1) is 46.6.